The summed E-state index contributed by atoms with van der Waals surface area (Å²) >= 11 is 5.90. The Hall–Kier alpha value is -2.72. The number of benzene rings is 2. The van der Waals surface area contributed by atoms with Gasteiger partial charge in [0, 0.05) is 22.7 Å². The van der Waals surface area contributed by atoms with Crippen molar-refractivity contribution in [1.82, 2.24) is 0 Å². The fourth-order valence-electron chi connectivity index (χ4n) is 2.25. The SMILES string of the molecule is C=CCOc1ccc(-c2cc(=O)c3c(O)cc(Cl)cc3o2)cc1. The lowest BCUT2D eigenvalue weighted by molar-refractivity contribution is 0.363. The van der Waals surface area contributed by atoms with E-state index >= 15 is 0 Å². The summed E-state index contributed by atoms with van der Waals surface area (Å²) in [5.41, 5.74) is 0.626. The van der Waals surface area contributed by atoms with Gasteiger partial charge in [0.2, 0.25) is 0 Å². The first-order valence-corrected chi connectivity index (χ1v) is 7.27. The first kappa shape index (κ1) is 15.2. The van der Waals surface area contributed by atoms with Crippen LogP contribution in [0.4, 0.5) is 0 Å². The average molecular weight is 329 g/mol. The van der Waals surface area contributed by atoms with Gasteiger partial charge in [-0.3, -0.25) is 4.79 Å². The van der Waals surface area contributed by atoms with Crippen molar-refractivity contribution in [2.75, 3.05) is 6.61 Å². The van der Waals surface area contributed by atoms with Gasteiger partial charge in [0.25, 0.3) is 0 Å². The van der Waals surface area contributed by atoms with Gasteiger partial charge in [-0.1, -0.05) is 24.3 Å². The molecule has 4 nitrogen and oxygen atoms in total. The number of ether oxygens (including phenoxy) is 1. The minimum atomic E-state index is -0.331. The van der Waals surface area contributed by atoms with Crippen LogP contribution >= 0.6 is 11.6 Å². The summed E-state index contributed by atoms with van der Waals surface area (Å²) in [5.74, 6) is 0.887. The van der Waals surface area contributed by atoms with Crippen LogP contribution in [0.2, 0.25) is 5.02 Å². The summed E-state index contributed by atoms with van der Waals surface area (Å²) in [4.78, 5) is 12.2. The van der Waals surface area contributed by atoms with Crippen LogP contribution in [0.1, 0.15) is 0 Å². The van der Waals surface area contributed by atoms with Crippen LogP contribution in [0.15, 0.2) is 64.3 Å². The molecule has 1 aromatic heterocycles. The molecule has 0 saturated carbocycles. The third-order valence-electron chi connectivity index (χ3n) is 3.28. The Morgan fingerprint density at radius 2 is 1.96 bits per heavy atom. The molecule has 0 spiro atoms. The van der Waals surface area contributed by atoms with E-state index in [-0.39, 0.29) is 22.1 Å². The van der Waals surface area contributed by atoms with Crippen molar-refractivity contribution >= 4 is 22.6 Å². The summed E-state index contributed by atoms with van der Waals surface area (Å²) in [6.07, 6.45) is 1.66. The molecule has 1 heterocycles. The number of rotatable bonds is 4. The van der Waals surface area contributed by atoms with Crippen molar-refractivity contribution in [1.29, 1.82) is 0 Å². The number of fused-ring (bicyclic) bond motifs is 1. The Bertz CT molecular complexity index is 926. The van der Waals surface area contributed by atoms with Crippen LogP contribution in [-0.4, -0.2) is 11.7 Å². The standard InChI is InChI=1S/C18H13ClO4/c1-2-7-22-13-5-3-11(4-6-13)16-10-15(21)18-14(20)8-12(19)9-17(18)23-16/h2-6,8-10,20H,1,7H2. The van der Waals surface area contributed by atoms with E-state index in [0.29, 0.717) is 23.1 Å². The molecule has 0 bridgehead atoms. The Balaban J connectivity index is 2.06. The monoisotopic (exact) mass is 328 g/mol. The highest BCUT2D eigenvalue weighted by Crippen LogP contribution is 2.30. The summed E-state index contributed by atoms with van der Waals surface area (Å²) in [5, 5.41) is 10.3. The van der Waals surface area contributed by atoms with Crippen molar-refractivity contribution in [3.63, 3.8) is 0 Å². The van der Waals surface area contributed by atoms with E-state index < -0.39 is 0 Å². The number of halogens is 1. The summed E-state index contributed by atoms with van der Waals surface area (Å²) in [6.45, 7) is 4.01. The third-order valence-corrected chi connectivity index (χ3v) is 3.50. The lowest BCUT2D eigenvalue weighted by atomic mass is 10.1. The van der Waals surface area contributed by atoms with Crippen LogP contribution < -0.4 is 10.2 Å². The van der Waals surface area contributed by atoms with Crippen LogP contribution in [-0.2, 0) is 0 Å². The predicted molar refractivity (Wildman–Crippen MR) is 90.3 cm³/mol. The maximum atomic E-state index is 12.2. The van der Waals surface area contributed by atoms with Crippen molar-refractivity contribution in [2.45, 2.75) is 0 Å². The molecule has 0 aliphatic heterocycles. The number of phenolic OH excluding ortho intramolecular Hbond substituents is 1. The maximum absolute atomic E-state index is 12.2. The van der Waals surface area contributed by atoms with Crippen LogP contribution in [0.5, 0.6) is 11.5 Å². The molecule has 0 unspecified atom stereocenters. The summed E-state index contributed by atoms with van der Waals surface area (Å²) in [7, 11) is 0. The molecule has 3 aromatic rings. The van der Waals surface area contributed by atoms with E-state index in [1.54, 1.807) is 30.3 Å². The Labute approximate surface area is 137 Å². The zero-order valence-electron chi connectivity index (χ0n) is 12.1. The second-order valence-corrected chi connectivity index (χ2v) is 5.33. The van der Waals surface area contributed by atoms with Crippen molar-refractivity contribution in [2.24, 2.45) is 0 Å². The number of hydrogen-bond donors (Lipinski definition) is 1. The van der Waals surface area contributed by atoms with E-state index in [1.165, 1.54) is 18.2 Å². The number of aromatic hydroxyl groups is 1. The molecule has 1 N–H and O–H groups in total. The van der Waals surface area contributed by atoms with Gasteiger partial charge in [-0.2, -0.15) is 0 Å². The van der Waals surface area contributed by atoms with E-state index in [9.17, 15) is 9.90 Å². The van der Waals surface area contributed by atoms with Crippen molar-refractivity contribution < 1.29 is 14.3 Å². The van der Waals surface area contributed by atoms with Gasteiger partial charge in [-0.15, -0.1) is 0 Å². The van der Waals surface area contributed by atoms with Gasteiger partial charge in [0.15, 0.2) is 5.43 Å². The maximum Gasteiger partial charge on any atom is 0.197 e. The van der Waals surface area contributed by atoms with Gasteiger partial charge in [0.1, 0.15) is 34.8 Å². The predicted octanol–water partition coefficient (Wildman–Crippen LogP) is 4.38. The minimum Gasteiger partial charge on any atom is -0.507 e. The number of hydrogen-bond acceptors (Lipinski definition) is 4. The normalized spacial score (nSPS) is 10.7. The zero-order valence-corrected chi connectivity index (χ0v) is 12.8. The van der Waals surface area contributed by atoms with E-state index in [4.69, 9.17) is 20.8 Å². The minimum absolute atomic E-state index is 0.115. The van der Waals surface area contributed by atoms with Gasteiger partial charge >= 0.3 is 0 Å². The lowest BCUT2D eigenvalue weighted by Crippen LogP contribution is -2.00. The summed E-state index contributed by atoms with van der Waals surface area (Å²) < 4.78 is 11.1. The van der Waals surface area contributed by atoms with E-state index in [0.717, 1.165) is 5.56 Å². The van der Waals surface area contributed by atoms with E-state index in [2.05, 4.69) is 6.58 Å². The molecule has 0 fully saturated rings. The van der Waals surface area contributed by atoms with Crippen molar-refractivity contribution in [3.05, 3.63) is 70.4 Å². The second-order valence-electron chi connectivity index (χ2n) is 4.90. The fourth-order valence-corrected chi connectivity index (χ4v) is 2.45. The third kappa shape index (κ3) is 3.07. The van der Waals surface area contributed by atoms with E-state index in [1.807, 2.05) is 0 Å². The molecule has 5 heteroatoms. The first-order valence-electron chi connectivity index (χ1n) is 6.89. The molecule has 0 atom stereocenters. The molecule has 0 radical (unpaired) electrons. The molecular weight excluding hydrogens is 316 g/mol. The average Bonchev–Trinajstić information content (AvgIpc) is 2.52. The van der Waals surface area contributed by atoms with Gasteiger partial charge in [-0.05, 0) is 30.3 Å². The molecule has 0 amide bonds. The fraction of sp³-hybridized carbons (Fsp3) is 0.0556. The van der Waals surface area contributed by atoms with Gasteiger partial charge in [0.05, 0.1) is 0 Å². The Morgan fingerprint density at radius 1 is 1.22 bits per heavy atom. The Kier molecular flexibility index (Phi) is 4.08. The molecule has 3 rings (SSSR count). The highest BCUT2D eigenvalue weighted by Gasteiger charge is 2.11. The Morgan fingerprint density at radius 3 is 2.65 bits per heavy atom. The quantitative estimate of drug-likeness (QED) is 0.722. The molecule has 0 aliphatic carbocycles. The molecule has 2 aromatic carbocycles. The van der Waals surface area contributed by atoms with Crippen LogP contribution in [0, 0.1) is 0 Å². The molecule has 0 aliphatic rings. The molecular formula is C18H13ClO4. The van der Waals surface area contributed by atoms with Crippen LogP contribution in [0.3, 0.4) is 0 Å². The van der Waals surface area contributed by atoms with Gasteiger partial charge in [-0.25, -0.2) is 0 Å². The van der Waals surface area contributed by atoms with Gasteiger partial charge < -0.3 is 14.3 Å². The second kappa shape index (κ2) is 6.18. The van der Waals surface area contributed by atoms with Crippen molar-refractivity contribution in [3.8, 4) is 22.8 Å². The number of phenols is 1. The molecule has 23 heavy (non-hydrogen) atoms. The largest absolute Gasteiger partial charge is 0.507 e. The van der Waals surface area contributed by atoms with Crippen LogP contribution in [0.25, 0.3) is 22.3 Å². The highest BCUT2D eigenvalue weighted by molar-refractivity contribution is 6.31. The lowest BCUT2D eigenvalue weighted by Gasteiger charge is -2.07. The highest BCUT2D eigenvalue weighted by atomic mass is 35.5. The smallest absolute Gasteiger partial charge is 0.197 e. The zero-order chi connectivity index (χ0) is 16.4. The summed E-state index contributed by atoms with van der Waals surface area (Å²) in [6, 6.07) is 11.3. The topological polar surface area (TPSA) is 59.7 Å². The molecule has 116 valence electrons. The molecule has 0 saturated heterocycles. The first-order chi connectivity index (χ1) is 11.1.